The van der Waals surface area contributed by atoms with Gasteiger partial charge in [-0.1, -0.05) is 36.4 Å². The molecule has 0 spiro atoms. The third-order valence-electron chi connectivity index (χ3n) is 7.50. The Morgan fingerprint density at radius 2 is 0.794 bits per heavy atom. The molecule has 0 bridgehead atoms. The quantitative estimate of drug-likeness (QED) is 0.122. The monoisotopic (exact) mass is 946 g/mol. The molecule has 0 saturated heterocycles. The molecule has 0 aliphatic carbocycles. The van der Waals surface area contributed by atoms with E-state index in [0.717, 1.165) is 79.6 Å². The molecule has 63 heavy (non-hydrogen) atoms. The van der Waals surface area contributed by atoms with Crippen LogP contribution < -0.4 is 46.7 Å². The summed E-state index contributed by atoms with van der Waals surface area (Å²) < 4.78 is 78.9. The summed E-state index contributed by atoms with van der Waals surface area (Å²) in [5.41, 5.74) is 9.94. The van der Waals surface area contributed by atoms with Crippen molar-refractivity contribution in [2.75, 3.05) is 14.2 Å². The van der Waals surface area contributed by atoms with Gasteiger partial charge in [0.1, 0.15) is 40.1 Å². The molecule has 0 atom stereocenters. The largest absolute Gasteiger partial charge is 2.00 e. The minimum absolute atomic E-state index is 0. The molecule has 6 heterocycles. The minimum atomic E-state index is -4.94. The molecule has 24 heteroatoms. The number of hydrogen-bond donors (Lipinski definition) is 4. The number of para-hydroxylation sites is 2. The Bertz CT molecular complexity index is 2400. The molecule has 2 aromatic carbocycles. The summed E-state index contributed by atoms with van der Waals surface area (Å²) in [4.78, 5) is 18.7. The fourth-order valence-electron chi connectivity index (χ4n) is 5.16. The zero-order valence-electron chi connectivity index (χ0n) is 33.3. The third kappa shape index (κ3) is 17.5. The van der Waals surface area contributed by atoms with E-state index in [2.05, 4.69) is 45.8 Å². The molecule has 0 saturated carbocycles. The molecule has 0 aliphatic rings. The molecule has 0 amide bonds. The fourth-order valence-corrected chi connectivity index (χ4v) is 5.16. The molecule has 8 aromatic rings. The molecule has 0 aliphatic heterocycles. The Morgan fingerprint density at radius 3 is 1.10 bits per heavy atom. The Morgan fingerprint density at radius 1 is 0.476 bits per heavy atom. The van der Waals surface area contributed by atoms with E-state index in [1.165, 1.54) is 13.8 Å². The zero-order chi connectivity index (χ0) is 45.3. The van der Waals surface area contributed by atoms with E-state index in [9.17, 15) is 4.79 Å². The molecule has 8 rings (SSSR count). The predicted octanol–water partition coefficient (Wildman–Crippen LogP) is -1.84. The van der Waals surface area contributed by atoms with Crippen molar-refractivity contribution in [3.05, 3.63) is 122 Å². The Labute approximate surface area is 373 Å². The maximum absolute atomic E-state index is 9.44. The smallest absolute Gasteiger partial charge is 0.496 e. The number of rotatable bonds is 8. The molecule has 21 nitrogen and oxygen atoms in total. The van der Waals surface area contributed by atoms with Gasteiger partial charge in [0.25, 0.3) is 0 Å². The summed E-state index contributed by atoms with van der Waals surface area (Å²) in [6, 6.07) is 34.9. The zero-order valence-corrected chi connectivity index (χ0v) is 35.9. The fraction of sp³-hybridized carbons (Fsp3) is 0.103. The van der Waals surface area contributed by atoms with Crippen LogP contribution in [0.5, 0.6) is 11.5 Å². The second kappa shape index (κ2) is 24.3. The second-order valence-corrected chi connectivity index (χ2v) is 13.6. The molecular formula is C39H36Cl2FeN10O11. The number of ketones is 1. The first-order valence-electron chi connectivity index (χ1n) is 17.5. The molecule has 4 N–H and O–H groups in total. The number of ether oxygens (including phenoxy) is 2. The van der Waals surface area contributed by atoms with Gasteiger partial charge in [-0.25, -0.2) is 47.2 Å². The Kier molecular flexibility index (Phi) is 19.7. The van der Waals surface area contributed by atoms with Crippen LogP contribution in [0.25, 0.3) is 68.1 Å². The van der Waals surface area contributed by atoms with Crippen LogP contribution in [0.2, 0.25) is 0 Å². The maximum Gasteiger partial charge on any atom is 2.00 e. The summed E-state index contributed by atoms with van der Waals surface area (Å²) in [6.45, 7) is 3.06. The number of halogens is 2. The number of nitrogens with zero attached hydrogens (tertiary/aromatic N) is 6. The summed E-state index contributed by atoms with van der Waals surface area (Å²) in [7, 11) is -6.57. The van der Waals surface area contributed by atoms with Crippen LogP contribution in [0, 0.1) is 20.5 Å². The van der Waals surface area contributed by atoms with Gasteiger partial charge in [-0.05, 0) is 86.6 Å². The maximum atomic E-state index is 9.44. The van der Waals surface area contributed by atoms with E-state index in [-0.39, 0.29) is 22.9 Å². The summed E-state index contributed by atoms with van der Waals surface area (Å²) in [5, 5.41) is 28.8. The van der Waals surface area contributed by atoms with Crippen molar-refractivity contribution in [1.29, 1.82) is 0 Å². The number of carbonyl (C=O) groups is 1. The second-order valence-electron chi connectivity index (χ2n) is 12.1. The van der Waals surface area contributed by atoms with Gasteiger partial charge in [-0.3, -0.25) is 20.4 Å². The third-order valence-corrected chi connectivity index (χ3v) is 7.50. The number of methoxy groups -OCH3 is 2. The van der Waals surface area contributed by atoms with E-state index in [1.54, 1.807) is 26.6 Å². The number of nitrogens with one attached hydrogen (secondary N) is 4. The van der Waals surface area contributed by atoms with Crippen LogP contribution in [0.15, 0.2) is 122 Å². The number of carbonyl (C=O) groups excluding carboxylic acids is 1. The minimum Gasteiger partial charge on any atom is -0.496 e. The molecular weight excluding hydrogens is 911 g/mol. The van der Waals surface area contributed by atoms with Gasteiger partial charge in [0, 0.05) is 23.5 Å². The first-order chi connectivity index (χ1) is 29.4. The van der Waals surface area contributed by atoms with E-state index in [1.807, 2.05) is 109 Å². The van der Waals surface area contributed by atoms with E-state index >= 15 is 0 Å². The molecule has 330 valence electrons. The average molecular weight is 948 g/mol. The normalized spacial score (nSPS) is 10.5. The topological polar surface area (TPSA) is 361 Å². The molecule has 6 aromatic heterocycles. The van der Waals surface area contributed by atoms with Gasteiger partial charge in [-0.2, -0.15) is 20.4 Å². The van der Waals surface area contributed by atoms with E-state index < -0.39 is 20.5 Å². The Balaban J connectivity index is 0.000000282. The van der Waals surface area contributed by atoms with Crippen LogP contribution in [0.4, 0.5) is 0 Å². The summed E-state index contributed by atoms with van der Waals surface area (Å²) in [5.74, 6) is 1.73. The SMILES string of the molecule is CC(C)=O.COc1ccccc1-c1cc(-c2cccc(-c3cc(-c4ccccc4OC)[nH]n3)n2)n[nH]1.[Fe+2].[O-][Cl+3]([O-])([O-])[O-].[O-][Cl+3]([O-])([O-])[O-].c1cc(-c2cc[nH]n2)nc(-c2cc[nH]n2)c1. The van der Waals surface area contributed by atoms with Crippen molar-refractivity contribution in [2.24, 2.45) is 0 Å². The molecule has 0 unspecified atom stereocenters. The van der Waals surface area contributed by atoms with Gasteiger partial charge >= 0.3 is 17.1 Å². The summed E-state index contributed by atoms with van der Waals surface area (Å²) >= 11 is 0. The number of benzene rings is 2. The van der Waals surface area contributed by atoms with Gasteiger partial charge < -0.3 is 14.3 Å². The van der Waals surface area contributed by atoms with Crippen molar-refractivity contribution < 1.29 is 89.1 Å². The van der Waals surface area contributed by atoms with E-state index in [4.69, 9.17) is 51.7 Å². The first kappa shape index (κ1) is 51.0. The molecule has 0 radical (unpaired) electrons. The van der Waals surface area contributed by atoms with Gasteiger partial charge in [-0.15, -0.1) is 20.5 Å². The number of H-pyrrole nitrogens is 4. The van der Waals surface area contributed by atoms with Crippen LogP contribution in [-0.4, -0.2) is 70.8 Å². The van der Waals surface area contributed by atoms with Gasteiger partial charge in [0.2, 0.25) is 0 Å². The number of aromatic amines is 4. The van der Waals surface area contributed by atoms with Crippen LogP contribution >= 0.6 is 0 Å². The van der Waals surface area contributed by atoms with Crippen molar-refractivity contribution in [3.63, 3.8) is 0 Å². The van der Waals surface area contributed by atoms with Gasteiger partial charge in [0.05, 0.1) is 48.4 Å². The Hall–Kier alpha value is -6.37. The first-order valence-corrected chi connectivity index (χ1v) is 19.9. The van der Waals surface area contributed by atoms with Gasteiger partial charge in [0.15, 0.2) is 0 Å². The molecule has 0 fully saturated rings. The number of Topliss-reactive ketones (excluding diaryl/α,β-unsaturated/α-hetero) is 1. The number of pyridine rings is 2. The van der Waals surface area contributed by atoms with Crippen molar-refractivity contribution in [1.82, 2.24) is 50.8 Å². The van der Waals surface area contributed by atoms with Crippen molar-refractivity contribution in [2.45, 2.75) is 13.8 Å². The number of aromatic nitrogens is 10. The van der Waals surface area contributed by atoms with Crippen LogP contribution in [0.1, 0.15) is 13.8 Å². The summed E-state index contributed by atoms with van der Waals surface area (Å²) in [6.07, 6.45) is 3.55. The van der Waals surface area contributed by atoms with Crippen molar-refractivity contribution >= 4 is 5.78 Å². The number of hydrogen-bond acceptors (Lipinski definition) is 17. The standard InChI is InChI=1S/C25H21N5O2.C11H9N5.C3H6O.2ClHO4.Fe/c1-31-24-12-5-3-8-16(24)20-14-22(29-27-20)18-10-7-11-19(26-18)23-15-21(28-30-23)17-9-4-6-13-25(17)32-2;1-2-8(10-4-6-12-15-10)14-9(3-1)11-5-7-13-16-11;1-3(2)4;2*2-1(3,4)5;/h3-15H,1-2H3,(H,27,29)(H,28,30);1-7H,(H,12,15)(H,13,16);1-2H3;2*(H,2,3,4,5);/q;;;;;+2/p-2. The average Bonchev–Trinajstić information content (AvgIpc) is 4.08. The van der Waals surface area contributed by atoms with Crippen LogP contribution in [-0.2, 0) is 21.9 Å². The van der Waals surface area contributed by atoms with E-state index in [0.29, 0.717) is 0 Å². The van der Waals surface area contributed by atoms with Crippen molar-refractivity contribution in [3.8, 4) is 79.6 Å². The van der Waals surface area contributed by atoms with Crippen LogP contribution in [0.3, 0.4) is 0 Å². The predicted molar refractivity (Wildman–Crippen MR) is 199 cm³/mol.